The summed E-state index contributed by atoms with van der Waals surface area (Å²) < 4.78 is 0. The minimum absolute atomic E-state index is 0.0467. The Morgan fingerprint density at radius 2 is 1.85 bits per heavy atom. The minimum atomic E-state index is -0.570. The average Bonchev–Trinajstić information content (AvgIpc) is 3.11. The summed E-state index contributed by atoms with van der Waals surface area (Å²) in [6.07, 6.45) is 11.5. The Kier molecular flexibility index (Phi) is 5.15. The Labute approximate surface area is 161 Å². The van der Waals surface area contributed by atoms with Crippen LogP contribution in [0.25, 0.3) is 0 Å². The molecule has 1 aromatic rings. The van der Waals surface area contributed by atoms with Crippen LogP contribution in [-0.4, -0.2) is 29.3 Å². The lowest BCUT2D eigenvalue weighted by molar-refractivity contribution is -0.137. The second kappa shape index (κ2) is 7.71. The summed E-state index contributed by atoms with van der Waals surface area (Å²) in [5.74, 6) is -0.0945. The lowest BCUT2D eigenvalue weighted by atomic mass is 9.94. The summed E-state index contributed by atoms with van der Waals surface area (Å²) in [5, 5.41) is 3.24. The third-order valence-electron chi connectivity index (χ3n) is 6.04. The van der Waals surface area contributed by atoms with Crippen LogP contribution in [0.5, 0.6) is 0 Å². The van der Waals surface area contributed by atoms with E-state index < -0.39 is 6.04 Å². The normalized spacial score (nSPS) is 21.4. The van der Waals surface area contributed by atoms with Gasteiger partial charge in [0.2, 0.25) is 11.8 Å². The fraction of sp³-hybridized carbons (Fsp3) is 0.478. The Morgan fingerprint density at radius 1 is 1.11 bits per heavy atom. The highest BCUT2D eigenvalue weighted by atomic mass is 16.2. The van der Waals surface area contributed by atoms with Gasteiger partial charge in [0.05, 0.1) is 0 Å². The Bertz CT molecular complexity index is 785. The van der Waals surface area contributed by atoms with Gasteiger partial charge in [-0.05, 0) is 49.3 Å². The standard InChI is InChI=1S/C23H28N2O2/c1-16-10-12-17(13-11-16)22(23(27)24-20-8-3-2-4-9-20)25-15-19-7-5-6-18(19)14-21(25)26/h7,10-14,20,22H,2-6,8-9,15H2,1H3,(H,24,27). The van der Waals surface area contributed by atoms with E-state index in [1.165, 1.54) is 24.8 Å². The molecule has 1 heterocycles. The van der Waals surface area contributed by atoms with Crippen molar-refractivity contribution >= 4 is 11.8 Å². The predicted molar refractivity (Wildman–Crippen MR) is 106 cm³/mol. The molecule has 2 amide bonds. The summed E-state index contributed by atoms with van der Waals surface area (Å²) in [5.41, 5.74) is 4.39. The number of carbonyl (C=O) groups is 2. The number of rotatable bonds is 4. The van der Waals surface area contributed by atoms with Gasteiger partial charge >= 0.3 is 0 Å². The van der Waals surface area contributed by atoms with Crippen molar-refractivity contribution in [3.8, 4) is 0 Å². The van der Waals surface area contributed by atoms with E-state index in [9.17, 15) is 9.59 Å². The van der Waals surface area contributed by atoms with Gasteiger partial charge in [0.1, 0.15) is 6.04 Å². The third-order valence-corrected chi connectivity index (χ3v) is 6.04. The molecule has 4 rings (SSSR count). The maximum absolute atomic E-state index is 13.3. The van der Waals surface area contributed by atoms with Crippen molar-refractivity contribution in [1.82, 2.24) is 10.2 Å². The number of nitrogens with one attached hydrogen (secondary N) is 1. The molecule has 0 radical (unpaired) electrons. The predicted octanol–water partition coefficient (Wildman–Crippen LogP) is 3.97. The molecule has 3 aliphatic rings. The molecule has 4 nitrogen and oxygen atoms in total. The van der Waals surface area contributed by atoms with Crippen molar-refractivity contribution in [1.29, 1.82) is 0 Å². The number of hydrogen-bond acceptors (Lipinski definition) is 2. The molecule has 0 aromatic heterocycles. The van der Waals surface area contributed by atoms with E-state index in [4.69, 9.17) is 0 Å². The van der Waals surface area contributed by atoms with E-state index in [1.807, 2.05) is 31.2 Å². The van der Waals surface area contributed by atoms with Crippen LogP contribution >= 0.6 is 0 Å². The highest BCUT2D eigenvalue weighted by Crippen LogP contribution is 2.34. The monoisotopic (exact) mass is 364 g/mol. The van der Waals surface area contributed by atoms with Crippen LogP contribution in [0.2, 0.25) is 0 Å². The maximum atomic E-state index is 13.3. The van der Waals surface area contributed by atoms with E-state index >= 15 is 0 Å². The molecule has 1 N–H and O–H groups in total. The van der Waals surface area contributed by atoms with Crippen LogP contribution in [0.3, 0.4) is 0 Å². The number of nitrogens with zero attached hydrogens (tertiary/aromatic N) is 1. The molecule has 1 atom stereocenters. The van der Waals surface area contributed by atoms with Crippen molar-refractivity contribution in [2.45, 2.75) is 64.0 Å². The van der Waals surface area contributed by atoms with Gasteiger partial charge in [0.15, 0.2) is 0 Å². The number of benzene rings is 1. The summed E-state index contributed by atoms with van der Waals surface area (Å²) in [6, 6.07) is 7.66. The minimum Gasteiger partial charge on any atom is -0.351 e. The lowest BCUT2D eigenvalue weighted by Crippen LogP contribution is -2.48. The fourth-order valence-electron chi connectivity index (χ4n) is 4.49. The molecule has 1 saturated carbocycles. The van der Waals surface area contributed by atoms with Gasteiger partial charge in [0.25, 0.3) is 0 Å². The summed E-state index contributed by atoms with van der Waals surface area (Å²) in [7, 11) is 0. The molecule has 1 aliphatic heterocycles. The SMILES string of the molecule is Cc1ccc(C(C(=O)NC2CCCCC2)N2CC3=CCCC3=CC2=O)cc1. The van der Waals surface area contributed by atoms with Crippen molar-refractivity contribution in [2.24, 2.45) is 0 Å². The molecular formula is C23H28N2O2. The molecule has 0 spiro atoms. The fourth-order valence-corrected chi connectivity index (χ4v) is 4.49. The van der Waals surface area contributed by atoms with Gasteiger partial charge in [-0.15, -0.1) is 0 Å². The van der Waals surface area contributed by atoms with Gasteiger partial charge in [-0.2, -0.15) is 0 Å². The second-order valence-electron chi connectivity index (χ2n) is 8.06. The first-order valence-corrected chi connectivity index (χ1v) is 10.2. The Morgan fingerprint density at radius 3 is 2.59 bits per heavy atom. The van der Waals surface area contributed by atoms with Crippen molar-refractivity contribution in [2.75, 3.05) is 6.54 Å². The number of allylic oxidation sites excluding steroid dienone is 1. The summed E-state index contributed by atoms with van der Waals surface area (Å²) in [4.78, 5) is 27.9. The Balaban J connectivity index is 1.62. The molecular weight excluding hydrogens is 336 g/mol. The molecule has 0 saturated heterocycles. The quantitative estimate of drug-likeness (QED) is 0.879. The van der Waals surface area contributed by atoms with E-state index in [0.717, 1.165) is 42.4 Å². The van der Waals surface area contributed by atoms with Crippen LogP contribution in [0.1, 0.15) is 62.1 Å². The van der Waals surface area contributed by atoms with Gasteiger partial charge in [-0.3, -0.25) is 9.59 Å². The number of hydrogen-bond donors (Lipinski definition) is 1. The van der Waals surface area contributed by atoms with E-state index in [0.29, 0.717) is 6.54 Å². The molecule has 142 valence electrons. The molecule has 27 heavy (non-hydrogen) atoms. The largest absolute Gasteiger partial charge is 0.351 e. The highest BCUT2D eigenvalue weighted by molar-refractivity contribution is 5.96. The molecule has 2 aliphatic carbocycles. The average molecular weight is 364 g/mol. The smallest absolute Gasteiger partial charge is 0.248 e. The summed E-state index contributed by atoms with van der Waals surface area (Å²) >= 11 is 0. The van der Waals surface area contributed by atoms with E-state index in [1.54, 1.807) is 11.0 Å². The summed E-state index contributed by atoms with van der Waals surface area (Å²) in [6.45, 7) is 2.56. The first-order chi connectivity index (χ1) is 13.1. The molecule has 0 bridgehead atoms. The number of aryl methyl sites for hydroxylation is 1. The van der Waals surface area contributed by atoms with Crippen molar-refractivity contribution in [3.63, 3.8) is 0 Å². The van der Waals surface area contributed by atoms with Gasteiger partial charge < -0.3 is 10.2 Å². The second-order valence-corrected chi connectivity index (χ2v) is 8.06. The van der Waals surface area contributed by atoms with Crippen LogP contribution in [0.4, 0.5) is 0 Å². The van der Waals surface area contributed by atoms with Crippen LogP contribution in [0, 0.1) is 6.92 Å². The third kappa shape index (κ3) is 3.85. The van der Waals surface area contributed by atoms with Crippen molar-refractivity contribution < 1.29 is 9.59 Å². The maximum Gasteiger partial charge on any atom is 0.248 e. The van der Waals surface area contributed by atoms with Crippen molar-refractivity contribution in [3.05, 3.63) is 58.7 Å². The molecule has 1 aromatic carbocycles. The van der Waals surface area contributed by atoms with Gasteiger partial charge in [-0.1, -0.05) is 55.2 Å². The first-order valence-electron chi connectivity index (χ1n) is 10.2. The van der Waals surface area contributed by atoms with Gasteiger partial charge in [0, 0.05) is 18.7 Å². The highest BCUT2D eigenvalue weighted by Gasteiger charge is 2.35. The van der Waals surface area contributed by atoms with Crippen LogP contribution in [0.15, 0.2) is 47.6 Å². The topological polar surface area (TPSA) is 49.4 Å². The van der Waals surface area contributed by atoms with Crippen LogP contribution < -0.4 is 5.32 Å². The lowest BCUT2D eigenvalue weighted by Gasteiger charge is -2.35. The zero-order valence-electron chi connectivity index (χ0n) is 16.0. The van der Waals surface area contributed by atoms with E-state index in [2.05, 4.69) is 11.4 Å². The van der Waals surface area contributed by atoms with Crippen LogP contribution in [-0.2, 0) is 9.59 Å². The molecule has 1 fully saturated rings. The number of carbonyl (C=O) groups excluding carboxylic acids is 2. The number of fused-ring (bicyclic) bond motifs is 1. The molecule has 4 heteroatoms. The zero-order chi connectivity index (χ0) is 18.8. The van der Waals surface area contributed by atoms with Gasteiger partial charge in [-0.25, -0.2) is 0 Å². The zero-order valence-corrected chi connectivity index (χ0v) is 16.0. The number of amides is 2. The Hall–Kier alpha value is -2.36. The van der Waals surface area contributed by atoms with E-state index in [-0.39, 0.29) is 17.9 Å². The molecule has 1 unspecified atom stereocenters. The first kappa shape index (κ1) is 18.0.